The van der Waals surface area contributed by atoms with E-state index in [1.54, 1.807) is 24.5 Å². The largest absolute Gasteiger partial charge is 0.468 e. The molecule has 0 bridgehead atoms. The van der Waals surface area contributed by atoms with Gasteiger partial charge in [-0.05, 0) is 54.7 Å². The molecule has 0 amide bonds. The van der Waals surface area contributed by atoms with Crippen LogP contribution >= 0.6 is 24.0 Å². The van der Waals surface area contributed by atoms with Crippen LogP contribution in [0.2, 0.25) is 0 Å². The van der Waals surface area contributed by atoms with Gasteiger partial charge in [-0.15, -0.1) is 0 Å². The third-order valence-corrected chi connectivity index (χ3v) is 6.06. The van der Waals surface area contributed by atoms with Crippen molar-refractivity contribution in [2.75, 3.05) is 35.2 Å². The molecule has 0 fully saturated rings. The van der Waals surface area contributed by atoms with E-state index in [9.17, 15) is 8.42 Å². The molecule has 0 saturated carbocycles. The number of thiocarbonyl (C=S) groups is 1. The van der Waals surface area contributed by atoms with Crippen LogP contribution in [0.25, 0.3) is 0 Å². The lowest BCUT2D eigenvalue weighted by Crippen LogP contribution is -2.29. The van der Waals surface area contributed by atoms with Crippen molar-refractivity contribution in [3.8, 4) is 0 Å². The molecule has 0 aliphatic heterocycles. The minimum atomic E-state index is -3.29. The molecule has 2 rings (SSSR count). The first-order chi connectivity index (χ1) is 12.4. The molecule has 2 aromatic rings. The van der Waals surface area contributed by atoms with E-state index in [0.29, 0.717) is 10.8 Å². The second-order valence-electron chi connectivity index (χ2n) is 5.65. The summed E-state index contributed by atoms with van der Waals surface area (Å²) < 4.78 is 29.8. The third-order valence-electron chi connectivity index (χ3n) is 3.54. The highest BCUT2D eigenvalue weighted by Crippen LogP contribution is 2.20. The highest BCUT2D eigenvalue weighted by molar-refractivity contribution is 7.98. The molecule has 0 aliphatic carbocycles. The molecule has 9 heteroatoms. The van der Waals surface area contributed by atoms with Gasteiger partial charge in [-0.3, -0.25) is 4.31 Å². The van der Waals surface area contributed by atoms with E-state index in [1.807, 2.05) is 30.0 Å². The Balaban J connectivity index is 1.70. The first kappa shape index (κ1) is 20.6. The number of hydrogen-bond donors (Lipinski definition) is 2. The van der Waals surface area contributed by atoms with Crippen LogP contribution in [0.5, 0.6) is 0 Å². The van der Waals surface area contributed by atoms with Gasteiger partial charge in [0, 0.05) is 19.3 Å². The number of sulfonamides is 1. The summed E-state index contributed by atoms with van der Waals surface area (Å²) in [5.74, 6) is 2.86. The van der Waals surface area contributed by atoms with Crippen molar-refractivity contribution < 1.29 is 12.8 Å². The minimum absolute atomic E-state index is 0.514. The number of anilines is 2. The van der Waals surface area contributed by atoms with Crippen LogP contribution < -0.4 is 14.9 Å². The second kappa shape index (κ2) is 9.84. The number of nitrogens with one attached hydrogen (secondary N) is 2. The van der Waals surface area contributed by atoms with Crippen LogP contribution in [0, 0.1) is 0 Å². The van der Waals surface area contributed by atoms with Crippen molar-refractivity contribution >= 4 is 50.5 Å². The van der Waals surface area contributed by atoms with E-state index < -0.39 is 10.0 Å². The highest BCUT2D eigenvalue weighted by atomic mass is 32.2. The molecule has 1 heterocycles. The standard InChI is InChI=1S/C17H23N3O3S3/c1-20(26(2,21)22)15-7-3-6-14(12-15)19-17(24)18-9-5-11-25-13-16-8-4-10-23-16/h3-4,6-8,10,12H,5,9,11,13H2,1-2H3,(H2,18,19,24). The van der Waals surface area contributed by atoms with Crippen molar-refractivity contribution in [3.05, 3.63) is 48.4 Å². The number of thioether (sulfide) groups is 1. The number of rotatable bonds is 9. The predicted octanol–water partition coefficient (Wildman–Crippen LogP) is 3.29. The Kier molecular flexibility index (Phi) is 7.80. The van der Waals surface area contributed by atoms with Gasteiger partial charge >= 0.3 is 0 Å². The molecule has 1 aromatic carbocycles. The van der Waals surface area contributed by atoms with E-state index in [-0.39, 0.29) is 0 Å². The van der Waals surface area contributed by atoms with Crippen molar-refractivity contribution in [2.45, 2.75) is 12.2 Å². The van der Waals surface area contributed by atoms with Crippen LogP contribution in [0.4, 0.5) is 11.4 Å². The molecule has 0 spiro atoms. The fourth-order valence-electron chi connectivity index (χ4n) is 2.09. The SMILES string of the molecule is CN(c1cccc(NC(=S)NCCCSCc2ccco2)c1)S(C)(=O)=O. The Morgan fingerprint density at radius 1 is 1.31 bits per heavy atom. The third kappa shape index (κ3) is 6.89. The molecule has 0 saturated heterocycles. The van der Waals surface area contributed by atoms with E-state index in [4.69, 9.17) is 16.6 Å². The maximum atomic E-state index is 11.6. The number of nitrogens with zero attached hydrogens (tertiary/aromatic N) is 1. The molecule has 142 valence electrons. The number of hydrogen-bond acceptors (Lipinski definition) is 5. The molecule has 26 heavy (non-hydrogen) atoms. The smallest absolute Gasteiger partial charge is 0.231 e. The summed E-state index contributed by atoms with van der Waals surface area (Å²) in [7, 11) is -1.77. The Labute approximate surface area is 164 Å². The Morgan fingerprint density at radius 2 is 2.12 bits per heavy atom. The van der Waals surface area contributed by atoms with Crippen LogP contribution in [0.15, 0.2) is 47.1 Å². The molecular weight excluding hydrogens is 390 g/mol. The van der Waals surface area contributed by atoms with Gasteiger partial charge in [0.1, 0.15) is 5.76 Å². The molecule has 0 radical (unpaired) electrons. The minimum Gasteiger partial charge on any atom is -0.468 e. The van der Waals surface area contributed by atoms with Crippen molar-refractivity contribution in [2.24, 2.45) is 0 Å². The van der Waals surface area contributed by atoms with Crippen LogP contribution in [-0.4, -0.2) is 39.1 Å². The molecule has 2 N–H and O–H groups in total. The first-order valence-electron chi connectivity index (χ1n) is 8.05. The van der Waals surface area contributed by atoms with Crippen molar-refractivity contribution in [1.82, 2.24) is 5.32 Å². The summed E-state index contributed by atoms with van der Waals surface area (Å²) in [4.78, 5) is 0. The van der Waals surface area contributed by atoms with E-state index in [0.717, 1.165) is 35.9 Å². The zero-order chi connectivity index (χ0) is 19.0. The predicted molar refractivity (Wildman–Crippen MR) is 113 cm³/mol. The van der Waals surface area contributed by atoms with Gasteiger partial charge in [0.25, 0.3) is 0 Å². The van der Waals surface area contributed by atoms with Crippen molar-refractivity contribution in [3.63, 3.8) is 0 Å². The maximum absolute atomic E-state index is 11.6. The lowest BCUT2D eigenvalue weighted by molar-refractivity contribution is 0.530. The average Bonchev–Trinajstić information content (AvgIpc) is 3.10. The second-order valence-corrected chi connectivity index (χ2v) is 9.17. The molecular formula is C17H23N3O3S3. The van der Waals surface area contributed by atoms with Gasteiger partial charge in [-0.25, -0.2) is 8.42 Å². The summed E-state index contributed by atoms with van der Waals surface area (Å²) >= 11 is 7.10. The molecule has 1 aromatic heterocycles. The first-order valence-corrected chi connectivity index (χ1v) is 11.5. The number of furan rings is 1. The quantitative estimate of drug-likeness (QED) is 0.483. The van der Waals surface area contributed by atoms with Gasteiger partial charge in [-0.2, -0.15) is 11.8 Å². The fraction of sp³-hybridized carbons (Fsp3) is 0.353. The molecule has 0 aliphatic rings. The molecule has 0 unspecified atom stereocenters. The fourth-order valence-corrected chi connectivity index (χ4v) is 3.66. The summed E-state index contributed by atoms with van der Waals surface area (Å²) in [5, 5.41) is 6.75. The van der Waals surface area contributed by atoms with E-state index >= 15 is 0 Å². The van der Waals surface area contributed by atoms with Gasteiger partial charge in [0.15, 0.2) is 5.11 Å². The van der Waals surface area contributed by atoms with Gasteiger partial charge in [0.2, 0.25) is 10.0 Å². The van der Waals surface area contributed by atoms with Gasteiger partial charge < -0.3 is 15.1 Å². The lowest BCUT2D eigenvalue weighted by atomic mass is 10.3. The van der Waals surface area contributed by atoms with Gasteiger partial charge in [0.05, 0.1) is 24.0 Å². The monoisotopic (exact) mass is 413 g/mol. The number of benzene rings is 1. The topological polar surface area (TPSA) is 74.6 Å². The van der Waals surface area contributed by atoms with Crippen LogP contribution in [0.1, 0.15) is 12.2 Å². The van der Waals surface area contributed by atoms with Crippen LogP contribution in [-0.2, 0) is 15.8 Å². The Morgan fingerprint density at radius 3 is 2.81 bits per heavy atom. The summed E-state index contributed by atoms with van der Waals surface area (Å²) in [5.41, 5.74) is 1.32. The lowest BCUT2D eigenvalue weighted by Gasteiger charge is -2.18. The zero-order valence-electron chi connectivity index (χ0n) is 14.8. The summed E-state index contributed by atoms with van der Waals surface area (Å²) in [6, 6.07) is 11.0. The molecule has 0 atom stereocenters. The van der Waals surface area contributed by atoms with Crippen LogP contribution in [0.3, 0.4) is 0 Å². The average molecular weight is 414 g/mol. The van der Waals surface area contributed by atoms with Crippen molar-refractivity contribution in [1.29, 1.82) is 0 Å². The normalized spacial score (nSPS) is 11.2. The Bertz CT molecular complexity index is 808. The summed E-state index contributed by atoms with van der Waals surface area (Å²) in [6.07, 6.45) is 3.83. The van der Waals surface area contributed by atoms with Gasteiger partial charge in [-0.1, -0.05) is 6.07 Å². The summed E-state index contributed by atoms with van der Waals surface area (Å²) in [6.45, 7) is 0.764. The van der Waals surface area contributed by atoms with E-state index in [2.05, 4.69) is 10.6 Å². The Hall–Kier alpha value is -1.71. The zero-order valence-corrected chi connectivity index (χ0v) is 17.2. The maximum Gasteiger partial charge on any atom is 0.231 e. The molecule has 6 nitrogen and oxygen atoms in total. The van der Waals surface area contributed by atoms with E-state index in [1.165, 1.54) is 17.6 Å². The highest BCUT2D eigenvalue weighted by Gasteiger charge is 2.12.